The molecule has 0 amide bonds. The molecule has 0 unspecified atom stereocenters. The molecule has 12 heavy (non-hydrogen) atoms. The highest BCUT2D eigenvalue weighted by Crippen LogP contribution is 2.08. The molecule has 1 heterocycles. The summed E-state index contributed by atoms with van der Waals surface area (Å²) in [6.45, 7) is 4.52. The molecular weight excluding hydrogens is 170 g/mol. The van der Waals surface area contributed by atoms with Crippen LogP contribution < -0.4 is 0 Å². The quantitative estimate of drug-likeness (QED) is 0.399. The fourth-order valence-electron chi connectivity index (χ4n) is 0.776. The summed E-state index contributed by atoms with van der Waals surface area (Å²) >= 11 is 1.75. The first kappa shape index (κ1) is 9.26. The normalized spacial score (nSPS) is 9.50. The molecule has 0 aromatic carbocycles. The van der Waals surface area contributed by atoms with Gasteiger partial charge in [-0.3, -0.25) is 0 Å². The minimum Gasteiger partial charge on any atom is -0.395 e. The third-order valence-electron chi connectivity index (χ3n) is 1.27. The lowest BCUT2D eigenvalue weighted by atomic mass is 10.4. The third kappa shape index (κ3) is 3.53. The SMILES string of the molecule is CC(C)=NOCCc1cccs1. The molecule has 0 aliphatic carbocycles. The van der Waals surface area contributed by atoms with Crippen molar-refractivity contribution in [3.8, 4) is 0 Å². The van der Waals surface area contributed by atoms with Crippen LogP contribution in [-0.4, -0.2) is 12.3 Å². The lowest BCUT2D eigenvalue weighted by Gasteiger charge is -1.97. The molecule has 1 rings (SSSR count). The van der Waals surface area contributed by atoms with Gasteiger partial charge in [-0.2, -0.15) is 0 Å². The summed E-state index contributed by atoms with van der Waals surface area (Å²) < 4.78 is 0. The van der Waals surface area contributed by atoms with Gasteiger partial charge < -0.3 is 4.84 Å². The van der Waals surface area contributed by atoms with Gasteiger partial charge in [-0.15, -0.1) is 11.3 Å². The Morgan fingerprint density at radius 3 is 3.00 bits per heavy atom. The minimum atomic E-state index is 0.672. The Hall–Kier alpha value is -0.830. The Bertz CT molecular complexity index is 237. The predicted molar refractivity (Wildman–Crippen MR) is 52.8 cm³/mol. The zero-order chi connectivity index (χ0) is 8.81. The summed E-state index contributed by atoms with van der Waals surface area (Å²) in [5.41, 5.74) is 0.959. The average Bonchev–Trinajstić information content (AvgIpc) is 2.49. The Balaban J connectivity index is 2.16. The number of hydrogen-bond acceptors (Lipinski definition) is 3. The molecule has 0 fully saturated rings. The van der Waals surface area contributed by atoms with Crippen molar-refractivity contribution >= 4 is 17.0 Å². The molecule has 0 N–H and O–H groups in total. The zero-order valence-corrected chi connectivity index (χ0v) is 8.23. The molecule has 1 aromatic heterocycles. The van der Waals surface area contributed by atoms with E-state index in [2.05, 4.69) is 16.6 Å². The van der Waals surface area contributed by atoms with Crippen molar-refractivity contribution in [1.29, 1.82) is 0 Å². The number of hydrogen-bond donors (Lipinski definition) is 0. The highest BCUT2D eigenvalue weighted by Gasteiger charge is 1.92. The lowest BCUT2D eigenvalue weighted by Crippen LogP contribution is -1.93. The summed E-state index contributed by atoms with van der Waals surface area (Å²) in [4.78, 5) is 6.41. The first-order valence-electron chi connectivity index (χ1n) is 3.94. The molecule has 0 aliphatic rings. The summed E-state index contributed by atoms with van der Waals surface area (Å²) in [5, 5.41) is 5.92. The summed E-state index contributed by atoms with van der Waals surface area (Å²) in [7, 11) is 0. The van der Waals surface area contributed by atoms with Crippen molar-refractivity contribution in [2.24, 2.45) is 5.16 Å². The van der Waals surface area contributed by atoms with Crippen LogP contribution in [0.3, 0.4) is 0 Å². The lowest BCUT2D eigenvalue weighted by molar-refractivity contribution is 0.148. The fraction of sp³-hybridized carbons (Fsp3) is 0.444. The smallest absolute Gasteiger partial charge is 0.122 e. The van der Waals surface area contributed by atoms with Crippen LogP contribution in [0.5, 0.6) is 0 Å². The van der Waals surface area contributed by atoms with Crippen LogP contribution in [0, 0.1) is 0 Å². The van der Waals surface area contributed by atoms with Crippen molar-refractivity contribution < 1.29 is 4.84 Å². The molecule has 66 valence electrons. The Kier molecular flexibility index (Phi) is 3.80. The highest BCUT2D eigenvalue weighted by atomic mass is 32.1. The standard InChI is InChI=1S/C9H13NOS/c1-8(2)10-11-6-5-9-4-3-7-12-9/h3-4,7H,5-6H2,1-2H3. The van der Waals surface area contributed by atoms with Crippen molar-refractivity contribution in [2.75, 3.05) is 6.61 Å². The molecule has 1 aromatic rings. The van der Waals surface area contributed by atoms with Gasteiger partial charge in [0.1, 0.15) is 6.61 Å². The number of thiophene rings is 1. The van der Waals surface area contributed by atoms with E-state index in [0.29, 0.717) is 6.61 Å². The molecule has 0 atom stereocenters. The van der Waals surface area contributed by atoms with Crippen LogP contribution in [0.2, 0.25) is 0 Å². The van der Waals surface area contributed by atoms with Gasteiger partial charge in [-0.25, -0.2) is 0 Å². The van der Waals surface area contributed by atoms with Gasteiger partial charge in [0.15, 0.2) is 0 Å². The van der Waals surface area contributed by atoms with Crippen molar-refractivity contribution in [3.63, 3.8) is 0 Å². The van der Waals surface area contributed by atoms with Crippen LogP contribution in [0.4, 0.5) is 0 Å². The van der Waals surface area contributed by atoms with Crippen LogP contribution in [0.1, 0.15) is 18.7 Å². The van der Waals surface area contributed by atoms with Crippen LogP contribution in [-0.2, 0) is 11.3 Å². The van der Waals surface area contributed by atoms with Gasteiger partial charge in [-0.1, -0.05) is 11.2 Å². The second kappa shape index (κ2) is 4.93. The Morgan fingerprint density at radius 2 is 2.42 bits per heavy atom. The molecule has 0 aliphatic heterocycles. The highest BCUT2D eigenvalue weighted by molar-refractivity contribution is 7.09. The molecular formula is C9H13NOS. The van der Waals surface area contributed by atoms with E-state index in [1.807, 2.05) is 19.9 Å². The number of oxime groups is 1. The van der Waals surface area contributed by atoms with E-state index >= 15 is 0 Å². The molecule has 0 radical (unpaired) electrons. The zero-order valence-electron chi connectivity index (χ0n) is 7.41. The van der Waals surface area contributed by atoms with Crippen LogP contribution >= 0.6 is 11.3 Å². The minimum absolute atomic E-state index is 0.672. The maximum atomic E-state index is 5.06. The Labute approximate surface area is 76.9 Å². The predicted octanol–water partition coefficient (Wildman–Crippen LogP) is 2.70. The topological polar surface area (TPSA) is 21.6 Å². The fourth-order valence-corrected chi connectivity index (χ4v) is 1.47. The van der Waals surface area contributed by atoms with E-state index in [1.54, 1.807) is 11.3 Å². The van der Waals surface area contributed by atoms with Gasteiger partial charge in [0.2, 0.25) is 0 Å². The molecule has 0 bridgehead atoms. The van der Waals surface area contributed by atoms with E-state index in [-0.39, 0.29) is 0 Å². The monoisotopic (exact) mass is 183 g/mol. The third-order valence-corrected chi connectivity index (χ3v) is 2.20. The largest absolute Gasteiger partial charge is 0.395 e. The van der Waals surface area contributed by atoms with Gasteiger partial charge in [0.25, 0.3) is 0 Å². The van der Waals surface area contributed by atoms with Gasteiger partial charge in [-0.05, 0) is 25.3 Å². The molecule has 0 saturated carbocycles. The first-order valence-corrected chi connectivity index (χ1v) is 4.82. The van der Waals surface area contributed by atoms with Crippen molar-refractivity contribution in [1.82, 2.24) is 0 Å². The maximum Gasteiger partial charge on any atom is 0.122 e. The summed E-state index contributed by atoms with van der Waals surface area (Å²) in [6.07, 6.45) is 0.953. The van der Waals surface area contributed by atoms with Gasteiger partial charge in [0.05, 0.1) is 5.71 Å². The molecule has 0 saturated heterocycles. The molecule has 0 spiro atoms. The number of nitrogens with zero attached hydrogens (tertiary/aromatic N) is 1. The van der Waals surface area contributed by atoms with Crippen molar-refractivity contribution in [2.45, 2.75) is 20.3 Å². The second-order valence-electron chi connectivity index (χ2n) is 2.70. The van der Waals surface area contributed by atoms with Gasteiger partial charge in [0, 0.05) is 11.3 Å². The molecule has 3 heteroatoms. The van der Waals surface area contributed by atoms with E-state index in [1.165, 1.54) is 4.88 Å². The average molecular weight is 183 g/mol. The second-order valence-corrected chi connectivity index (χ2v) is 3.73. The van der Waals surface area contributed by atoms with E-state index in [9.17, 15) is 0 Å². The summed E-state index contributed by atoms with van der Waals surface area (Å²) in [5.74, 6) is 0. The van der Waals surface area contributed by atoms with E-state index in [0.717, 1.165) is 12.1 Å². The van der Waals surface area contributed by atoms with Crippen LogP contribution in [0.15, 0.2) is 22.7 Å². The molecule has 2 nitrogen and oxygen atoms in total. The summed E-state index contributed by atoms with van der Waals surface area (Å²) in [6, 6.07) is 4.16. The maximum absolute atomic E-state index is 5.06. The van der Waals surface area contributed by atoms with Gasteiger partial charge >= 0.3 is 0 Å². The van der Waals surface area contributed by atoms with E-state index < -0.39 is 0 Å². The number of rotatable bonds is 4. The first-order chi connectivity index (χ1) is 5.79. The van der Waals surface area contributed by atoms with Crippen molar-refractivity contribution in [3.05, 3.63) is 22.4 Å². The van der Waals surface area contributed by atoms with Crippen LogP contribution in [0.25, 0.3) is 0 Å². The Morgan fingerprint density at radius 1 is 1.58 bits per heavy atom. The van der Waals surface area contributed by atoms with E-state index in [4.69, 9.17) is 4.84 Å².